The number of nitrogens with one attached hydrogen (secondary N) is 1. The molecular weight excluding hydrogens is 542 g/mol. The Balaban J connectivity index is 1.93. The summed E-state index contributed by atoms with van der Waals surface area (Å²) in [6, 6.07) is 11.1. The number of aromatic nitrogens is 1. The quantitative estimate of drug-likeness (QED) is 0.305. The highest BCUT2D eigenvalue weighted by molar-refractivity contribution is 9.10. The van der Waals surface area contributed by atoms with Crippen LogP contribution in [0.3, 0.4) is 0 Å². The number of nitrogens with zero attached hydrogens (tertiary/aromatic N) is 2. The van der Waals surface area contributed by atoms with Crippen LogP contribution in [0, 0.1) is 0 Å². The van der Waals surface area contributed by atoms with E-state index in [1.165, 1.54) is 42.1 Å². The topological polar surface area (TPSA) is 139 Å². The summed E-state index contributed by atoms with van der Waals surface area (Å²) >= 11 is 3.35. The van der Waals surface area contributed by atoms with Crippen molar-refractivity contribution in [2.24, 2.45) is 0 Å². The van der Waals surface area contributed by atoms with Gasteiger partial charge in [0.15, 0.2) is 0 Å². The van der Waals surface area contributed by atoms with Gasteiger partial charge in [0.05, 0.1) is 19.0 Å². The lowest BCUT2D eigenvalue weighted by Crippen LogP contribution is -2.32. The van der Waals surface area contributed by atoms with Crippen molar-refractivity contribution in [3.05, 3.63) is 65.3 Å². The number of unbranched alkanes of at least 4 members (excludes halogenated alkanes) is 2. The molecule has 186 valence electrons. The number of hydrogen-bond acceptors (Lipinski definition) is 7. The molecule has 0 aliphatic rings. The van der Waals surface area contributed by atoms with Gasteiger partial charge in [-0.2, -0.15) is 0 Å². The first-order chi connectivity index (χ1) is 16.7. The molecule has 0 fully saturated rings. The van der Waals surface area contributed by atoms with Gasteiger partial charge >= 0.3 is 11.9 Å². The summed E-state index contributed by atoms with van der Waals surface area (Å²) in [5.41, 5.74) is 0.646. The summed E-state index contributed by atoms with van der Waals surface area (Å²) in [5, 5.41) is 11.4. The average Bonchev–Trinajstić information content (AvgIpc) is 3.37. The first kappa shape index (κ1) is 26.2. The summed E-state index contributed by atoms with van der Waals surface area (Å²) in [4.78, 5) is 26.7. The van der Waals surface area contributed by atoms with Gasteiger partial charge in [0.25, 0.3) is 15.9 Å². The predicted octanol–water partition coefficient (Wildman–Crippen LogP) is 4.54. The Morgan fingerprint density at radius 1 is 1.14 bits per heavy atom. The molecule has 0 bridgehead atoms. The molecule has 0 unspecified atom stereocenters. The number of rotatable bonds is 12. The number of aliphatic carboxylic acids is 1. The summed E-state index contributed by atoms with van der Waals surface area (Å²) < 4.78 is 40.0. The molecule has 3 rings (SSSR count). The van der Waals surface area contributed by atoms with E-state index in [1.807, 2.05) is 0 Å². The fourth-order valence-corrected chi connectivity index (χ4v) is 5.25. The highest BCUT2D eigenvalue weighted by Crippen LogP contribution is 2.33. The van der Waals surface area contributed by atoms with Crippen LogP contribution in [0.4, 0.5) is 11.4 Å². The number of anilines is 2. The van der Waals surface area contributed by atoms with Gasteiger partial charge in [-0.25, -0.2) is 13.4 Å². The standard InChI is InChI=1S/C23H24BrN3O7S/c1-33-19-11-8-17(26-22(30)23-25-12-14-34-23)15-20(19)35(31,32)27(13-4-2-3-5-21(28)29)18-9-6-16(24)7-10-18/h6-12,14-15H,2-5,13H2,1H3,(H,26,30)(H,28,29). The molecule has 0 saturated heterocycles. The van der Waals surface area contributed by atoms with Crippen LogP contribution in [0.25, 0.3) is 0 Å². The Bertz CT molecular complexity index is 1260. The number of oxazole rings is 1. The van der Waals surface area contributed by atoms with E-state index in [9.17, 15) is 18.0 Å². The van der Waals surface area contributed by atoms with Crippen LogP contribution in [0.5, 0.6) is 5.75 Å². The smallest absolute Gasteiger partial charge is 0.311 e. The Labute approximate surface area is 211 Å². The van der Waals surface area contributed by atoms with E-state index >= 15 is 0 Å². The minimum absolute atomic E-state index is 0.0190. The van der Waals surface area contributed by atoms with Gasteiger partial charge in [0.2, 0.25) is 0 Å². The third kappa shape index (κ3) is 6.83. The van der Waals surface area contributed by atoms with Gasteiger partial charge < -0.3 is 19.6 Å². The van der Waals surface area contributed by atoms with Crippen molar-refractivity contribution < 1.29 is 32.3 Å². The molecule has 35 heavy (non-hydrogen) atoms. The monoisotopic (exact) mass is 565 g/mol. The molecule has 1 heterocycles. The fourth-order valence-electron chi connectivity index (χ4n) is 3.30. The van der Waals surface area contributed by atoms with Gasteiger partial charge in [0, 0.05) is 23.1 Å². The van der Waals surface area contributed by atoms with E-state index in [-0.39, 0.29) is 35.2 Å². The zero-order valence-corrected chi connectivity index (χ0v) is 21.2. The lowest BCUT2D eigenvalue weighted by molar-refractivity contribution is -0.137. The lowest BCUT2D eigenvalue weighted by Gasteiger charge is -2.26. The van der Waals surface area contributed by atoms with Crippen LogP contribution in [-0.4, -0.2) is 44.0 Å². The number of amides is 1. The first-order valence-corrected chi connectivity index (χ1v) is 12.8. The van der Waals surface area contributed by atoms with Gasteiger partial charge in [0.1, 0.15) is 16.9 Å². The summed E-state index contributed by atoms with van der Waals surface area (Å²) in [6.07, 6.45) is 4.03. The van der Waals surface area contributed by atoms with Crippen LogP contribution < -0.4 is 14.4 Å². The number of halogens is 1. The van der Waals surface area contributed by atoms with E-state index in [2.05, 4.69) is 26.2 Å². The van der Waals surface area contributed by atoms with Crippen molar-refractivity contribution in [2.75, 3.05) is 23.3 Å². The number of carbonyl (C=O) groups is 2. The van der Waals surface area contributed by atoms with E-state index < -0.39 is 21.9 Å². The zero-order chi connectivity index (χ0) is 25.4. The van der Waals surface area contributed by atoms with Crippen molar-refractivity contribution in [2.45, 2.75) is 30.6 Å². The third-order valence-corrected chi connectivity index (χ3v) is 7.36. The molecule has 0 spiro atoms. The van der Waals surface area contributed by atoms with Crippen LogP contribution in [-0.2, 0) is 14.8 Å². The summed E-state index contributed by atoms with van der Waals surface area (Å²) in [5.74, 6) is -1.59. The maximum Gasteiger partial charge on any atom is 0.311 e. The number of benzene rings is 2. The Morgan fingerprint density at radius 2 is 1.89 bits per heavy atom. The van der Waals surface area contributed by atoms with Crippen molar-refractivity contribution in [1.82, 2.24) is 4.98 Å². The number of carboxylic acids is 1. The van der Waals surface area contributed by atoms with E-state index in [0.29, 0.717) is 24.9 Å². The lowest BCUT2D eigenvalue weighted by atomic mass is 10.2. The maximum atomic E-state index is 13.8. The number of methoxy groups -OCH3 is 1. The molecule has 12 heteroatoms. The van der Waals surface area contributed by atoms with Crippen LogP contribution >= 0.6 is 15.9 Å². The highest BCUT2D eigenvalue weighted by Gasteiger charge is 2.29. The second-order valence-corrected chi connectivity index (χ2v) is 10.2. The van der Waals surface area contributed by atoms with E-state index in [0.717, 1.165) is 4.47 Å². The highest BCUT2D eigenvalue weighted by atomic mass is 79.9. The number of carboxylic acid groups (broad SMARTS) is 1. The molecule has 0 saturated carbocycles. The largest absolute Gasteiger partial charge is 0.495 e. The molecular formula is C23H24BrN3O7S. The molecule has 3 aromatic rings. The number of carbonyl (C=O) groups excluding carboxylic acids is 1. The van der Waals surface area contributed by atoms with Crippen molar-refractivity contribution in [1.29, 1.82) is 0 Å². The van der Waals surface area contributed by atoms with Crippen LogP contribution in [0.15, 0.2) is 68.7 Å². The normalized spacial score (nSPS) is 11.1. The van der Waals surface area contributed by atoms with E-state index in [4.69, 9.17) is 14.3 Å². The first-order valence-electron chi connectivity index (χ1n) is 10.6. The Morgan fingerprint density at radius 3 is 2.51 bits per heavy atom. The zero-order valence-electron chi connectivity index (χ0n) is 18.8. The average molecular weight is 566 g/mol. The van der Waals surface area contributed by atoms with Crippen molar-refractivity contribution >= 4 is 49.2 Å². The Hall–Kier alpha value is -3.38. The molecule has 1 amide bonds. The van der Waals surface area contributed by atoms with Crippen LogP contribution in [0.2, 0.25) is 0 Å². The summed E-state index contributed by atoms with van der Waals surface area (Å²) in [6.45, 7) is 0.125. The maximum absolute atomic E-state index is 13.8. The third-order valence-electron chi connectivity index (χ3n) is 4.98. The number of sulfonamides is 1. The van der Waals surface area contributed by atoms with Gasteiger partial charge in [-0.1, -0.05) is 22.4 Å². The molecule has 0 atom stereocenters. The van der Waals surface area contributed by atoms with Gasteiger partial charge in [-0.05, 0) is 55.3 Å². The van der Waals surface area contributed by atoms with Gasteiger partial charge in [-0.3, -0.25) is 13.9 Å². The molecule has 10 nitrogen and oxygen atoms in total. The number of hydrogen-bond donors (Lipinski definition) is 2. The fraction of sp³-hybridized carbons (Fsp3) is 0.261. The molecule has 2 N–H and O–H groups in total. The molecule has 0 radical (unpaired) electrons. The van der Waals surface area contributed by atoms with Crippen LogP contribution in [0.1, 0.15) is 36.4 Å². The number of ether oxygens (including phenoxy) is 1. The van der Waals surface area contributed by atoms with Crippen molar-refractivity contribution in [3.8, 4) is 5.75 Å². The second-order valence-electron chi connectivity index (χ2n) is 7.42. The molecule has 2 aromatic carbocycles. The SMILES string of the molecule is COc1ccc(NC(=O)c2ncco2)cc1S(=O)(=O)N(CCCCCC(=O)O)c1ccc(Br)cc1. The molecule has 0 aliphatic heterocycles. The minimum atomic E-state index is -4.14. The molecule has 0 aliphatic carbocycles. The second kappa shape index (κ2) is 11.8. The predicted molar refractivity (Wildman–Crippen MR) is 132 cm³/mol. The molecule has 1 aromatic heterocycles. The van der Waals surface area contributed by atoms with Gasteiger partial charge in [-0.15, -0.1) is 0 Å². The van der Waals surface area contributed by atoms with Crippen molar-refractivity contribution in [3.63, 3.8) is 0 Å². The Kier molecular flexibility index (Phi) is 8.88. The minimum Gasteiger partial charge on any atom is -0.495 e. The summed E-state index contributed by atoms with van der Waals surface area (Å²) in [7, 11) is -2.78. The van der Waals surface area contributed by atoms with E-state index in [1.54, 1.807) is 24.3 Å².